The number of nitrogens with zero attached hydrogens (tertiary/aromatic N) is 3. The molecule has 1 amide bonds. The van der Waals surface area contributed by atoms with Crippen LogP contribution in [0.15, 0.2) is 4.99 Å². The standard InChI is InChI=1S/C18H32N4O3/c1-19-18(20-6-11-25-14-15-2-3-15)22-7-4-16(5-8-22)17(23)21-9-12-24-13-10-21/h15-16H,2-14H2,1H3,(H,19,20). The fraction of sp³-hybridized carbons (Fsp3) is 0.889. The summed E-state index contributed by atoms with van der Waals surface area (Å²) < 4.78 is 11.0. The highest BCUT2D eigenvalue weighted by Gasteiger charge is 2.30. The first-order valence-electron chi connectivity index (χ1n) is 9.68. The van der Waals surface area contributed by atoms with Gasteiger partial charge in [-0.15, -0.1) is 0 Å². The molecular weight excluding hydrogens is 320 g/mol. The third kappa shape index (κ3) is 5.57. The molecule has 0 aromatic rings. The number of guanidine groups is 1. The molecule has 0 bridgehead atoms. The summed E-state index contributed by atoms with van der Waals surface area (Å²) in [6.45, 7) is 6.98. The van der Waals surface area contributed by atoms with E-state index >= 15 is 0 Å². The van der Waals surface area contributed by atoms with Crippen molar-refractivity contribution in [2.24, 2.45) is 16.8 Å². The van der Waals surface area contributed by atoms with Gasteiger partial charge in [0, 0.05) is 52.3 Å². The molecule has 3 fully saturated rings. The molecule has 3 aliphatic rings. The van der Waals surface area contributed by atoms with Crippen molar-refractivity contribution in [2.75, 3.05) is 66.2 Å². The van der Waals surface area contributed by atoms with Gasteiger partial charge in [-0.2, -0.15) is 0 Å². The summed E-state index contributed by atoms with van der Waals surface area (Å²) in [4.78, 5) is 21.2. The lowest BCUT2D eigenvalue weighted by atomic mass is 9.95. The van der Waals surface area contributed by atoms with Gasteiger partial charge in [-0.25, -0.2) is 0 Å². The number of likely N-dealkylation sites (tertiary alicyclic amines) is 1. The summed E-state index contributed by atoms with van der Waals surface area (Å²) in [5.41, 5.74) is 0. The van der Waals surface area contributed by atoms with Crippen LogP contribution in [0.4, 0.5) is 0 Å². The van der Waals surface area contributed by atoms with Crippen LogP contribution in [0.25, 0.3) is 0 Å². The maximum atomic E-state index is 12.6. The number of morpholine rings is 1. The summed E-state index contributed by atoms with van der Waals surface area (Å²) in [5, 5.41) is 3.38. The Morgan fingerprint density at radius 3 is 2.48 bits per heavy atom. The molecule has 25 heavy (non-hydrogen) atoms. The molecule has 1 saturated carbocycles. The van der Waals surface area contributed by atoms with E-state index in [4.69, 9.17) is 9.47 Å². The predicted octanol–water partition coefficient (Wildman–Crippen LogP) is 0.559. The molecule has 7 heteroatoms. The van der Waals surface area contributed by atoms with E-state index in [1.165, 1.54) is 12.8 Å². The highest BCUT2D eigenvalue weighted by Crippen LogP contribution is 2.28. The molecule has 142 valence electrons. The molecule has 1 aliphatic carbocycles. The topological polar surface area (TPSA) is 66.4 Å². The first-order chi connectivity index (χ1) is 12.3. The van der Waals surface area contributed by atoms with Crippen molar-refractivity contribution in [3.8, 4) is 0 Å². The molecule has 0 spiro atoms. The fourth-order valence-corrected chi connectivity index (χ4v) is 3.48. The minimum atomic E-state index is 0.148. The lowest BCUT2D eigenvalue weighted by Gasteiger charge is -2.36. The number of carbonyl (C=O) groups excluding carboxylic acids is 1. The van der Waals surface area contributed by atoms with E-state index < -0.39 is 0 Å². The summed E-state index contributed by atoms with van der Waals surface area (Å²) in [5.74, 6) is 2.18. The van der Waals surface area contributed by atoms with Gasteiger partial charge in [-0.05, 0) is 31.6 Å². The summed E-state index contributed by atoms with van der Waals surface area (Å²) in [7, 11) is 1.82. The lowest BCUT2D eigenvalue weighted by Crippen LogP contribution is -2.50. The Balaban J connectivity index is 1.35. The average Bonchev–Trinajstić information content (AvgIpc) is 3.49. The summed E-state index contributed by atoms with van der Waals surface area (Å²) >= 11 is 0. The van der Waals surface area contributed by atoms with Gasteiger partial charge in [0.2, 0.25) is 5.91 Å². The molecule has 2 aliphatic heterocycles. The van der Waals surface area contributed by atoms with Gasteiger partial charge in [0.05, 0.1) is 19.8 Å². The number of hydrogen-bond acceptors (Lipinski definition) is 4. The number of rotatable bonds is 6. The number of carbonyl (C=O) groups is 1. The Morgan fingerprint density at radius 1 is 1.12 bits per heavy atom. The minimum Gasteiger partial charge on any atom is -0.379 e. The Kier molecular flexibility index (Phi) is 6.93. The SMILES string of the molecule is CN=C(NCCOCC1CC1)N1CCC(C(=O)N2CCOCC2)CC1. The molecule has 2 heterocycles. The Hall–Kier alpha value is -1.34. The Labute approximate surface area is 150 Å². The van der Waals surface area contributed by atoms with Gasteiger partial charge >= 0.3 is 0 Å². The maximum absolute atomic E-state index is 12.6. The average molecular weight is 352 g/mol. The number of piperidine rings is 1. The third-order valence-corrected chi connectivity index (χ3v) is 5.26. The number of amides is 1. The number of aliphatic imine (C=N–C) groups is 1. The van der Waals surface area contributed by atoms with E-state index in [2.05, 4.69) is 15.2 Å². The van der Waals surface area contributed by atoms with Gasteiger partial charge in [0.15, 0.2) is 5.96 Å². The fourth-order valence-electron chi connectivity index (χ4n) is 3.48. The van der Waals surface area contributed by atoms with Crippen molar-refractivity contribution in [2.45, 2.75) is 25.7 Å². The highest BCUT2D eigenvalue weighted by atomic mass is 16.5. The Morgan fingerprint density at radius 2 is 1.84 bits per heavy atom. The van der Waals surface area contributed by atoms with Crippen LogP contribution in [0.3, 0.4) is 0 Å². The number of ether oxygens (including phenoxy) is 2. The third-order valence-electron chi connectivity index (χ3n) is 5.26. The van der Waals surface area contributed by atoms with Crippen LogP contribution < -0.4 is 5.32 Å². The van der Waals surface area contributed by atoms with Gasteiger partial charge in [-0.3, -0.25) is 9.79 Å². The summed E-state index contributed by atoms with van der Waals surface area (Å²) in [6, 6.07) is 0. The van der Waals surface area contributed by atoms with Crippen molar-refractivity contribution in [3.63, 3.8) is 0 Å². The lowest BCUT2D eigenvalue weighted by molar-refractivity contribution is -0.140. The quantitative estimate of drug-likeness (QED) is 0.430. The molecule has 1 N–H and O–H groups in total. The largest absolute Gasteiger partial charge is 0.379 e. The van der Waals surface area contributed by atoms with Crippen molar-refractivity contribution >= 4 is 11.9 Å². The molecule has 0 aromatic heterocycles. The van der Waals surface area contributed by atoms with Gasteiger partial charge in [0.1, 0.15) is 0 Å². The van der Waals surface area contributed by atoms with Crippen LogP contribution in [0.1, 0.15) is 25.7 Å². The van der Waals surface area contributed by atoms with Gasteiger partial charge < -0.3 is 24.6 Å². The maximum Gasteiger partial charge on any atom is 0.225 e. The molecule has 2 saturated heterocycles. The van der Waals surface area contributed by atoms with E-state index in [1.54, 1.807) is 0 Å². The zero-order valence-electron chi connectivity index (χ0n) is 15.4. The van der Waals surface area contributed by atoms with Crippen LogP contribution in [0.5, 0.6) is 0 Å². The van der Waals surface area contributed by atoms with E-state index in [9.17, 15) is 4.79 Å². The first-order valence-corrected chi connectivity index (χ1v) is 9.68. The zero-order valence-corrected chi connectivity index (χ0v) is 15.4. The van der Waals surface area contributed by atoms with Crippen LogP contribution in [-0.2, 0) is 14.3 Å². The number of nitrogens with one attached hydrogen (secondary N) is 1. The highest BCUT2D eigenvalue weighted by molar-refractivity contribution is 5.81. The Bertz CT molecular complexity index is 453. The van der Waals surface area contributed by atoms with Crippen molar-refractivity contribution in [1.29, 1.82) is 0 Å². The second-order valence-electron chi connectivity index (χ2n) is 7.19. The second-order valence-corrected chi connectivity index (χ2v) is 7.19. The molecule has 0 atom stereocenters. The molecule has 3 rings (SSSR count). The van der Waals surface area contributed by atoms with Gasteiger partial charge in [0.25, 0.3) is 0 Å². The van der Waals surface area contributed by atoms with Crippen LogP contribution >= 0.6 is 0 Å². The van der Waals surface area contributed by atoms with Crippen molar-refractivity contribution in [1.82, 2.24) is 15.1 Å². The smallest absolute Gasteiger partial charge is 0.225 e. The van der Waals surface area contributed by atoms with Crippen molar-refractivity contribution < 1.29 is 14.3 Å². The number of hydrogen-bond donors (Lipinski definition) is 1. The van der Waals surface area contributed by atoms with Crippen LogP contribution in [0, 0.1) is 11.8 Å². The zero-order chi connectivity index (χ0) is 17.5. The van der Waals surface area contributed by atoms with E-state index in [0.717, 1.165) is 70.7 Å². The minimum absolute atomic E-state index is 0.148. The molecule has 0 unspecified atom stereocenters. The normalized spacial score (nSPS) is 23.0. The predicted molar refractivity (Wildman–Crippen MR) is 96.6 cm³/mol. The van der Waals surface area contributed by atoms with E-state index in [1.807, 2.05) is 11.9 Å². The van der Waals surface area contributed by atoms with Crippen LogP contribution in [0.2, 0.25) is 0 Å². The van der Waals surface area contributed by atoms with E-state index in [0.29, 0.717) is 19.1 Å². The van der Waals surface area contributed by atoms with E-state index in [-0.39, 0.29) is 5.92 Å². The van der Waals surface area contributed by atoms with Crippen molar-refractivity contribution in [3.05, 3.63) is 0 Å². The monoisotopic (exact) mass is 352 g/mol. The van der Waals surface area contributed by atoms with Gasteiger partial charge in [-0.1, -0.05) is 0 Å². The molecular formula is C18H32N4O3. The summed E-state index contributed by atoms with van der Waals surface area (Å²) in [6.07, 6.45) is 4.45. The second kappa shape index (κ2) is 9.38. The molecule has 0 aromatic carbocycles. The van der Waals surface area contributed by atoms with Crippen LogP contribution in [-0.4, -0.2) is 87.9 Å². The molecule has 7 nitrogen and oxygen atoms in total. The molecule has 0 radical (unpaired) electrons. The first kappa shape index (κ1) is 18.5.